The number of fused-ring (bicyclic) bond motifs is 2. The van der Waals surface area contributed by atoms with Crippen LogP contribution in [0.5, 0.6) is 6.01 Å². The molecule has 162 valence electrons. The molecule has 4 aromatic rings. The van der Waals surface area contributed by atoms with Crippen molar-refractivity contribution in [1.82, 2.24) is 9.97 Å². The first-order valence-corrected chi connectivity index (χ1v) is 10.6. The third-order valence-electron chi connectivity index (χ3n) is 6.11. The van der Waals surface area contributed by atoms with Crippen molar-refractivity contribution < 1.29 is 23.0 Å². The lowest BCUT2D eigenvalue weighted by atomic mass is 9.99. The predicted molar refractivity (Wildman–Crippen MR) is 115 cm³/mol. The number of ether oxygens (including phenoxy) is 3. The summed E-state index contributed by atoms with van der Waals surface area (Å²) in [5.41, 5.74) is 2.61. The molecule has 5 nitrogen and oxygen atoms in total. The number of hydrogen-bond donors (Lipinski definition) is 1. The first-order chi connectivity index (χ1) is 15.7. The zero-order valence-corrected chi connectivity index (χ0v) is 17.1. The summed E-state index contributed by atoms with van der Waals surface area (Å²) in [5, 5.41) is 0. The van der Waals surface area contributed by atoms with Gasteiger partial charge in [0.1, 0.15) is 17.4 Å². The lowest BCUT2D eigenvalue weighted by molar-refractivity contribution is 0.0273. The Balaban J connectivity index is 1.32. The summed E-state index contributed by atoms with van der Waals surface area (Å²) >= 11 is 0. The van der Waals surface area contributed by atoms with E-state index in [4.69, 9.17) is 14.2 Å². The largest absolute Gasteiger partial charge is 0.456 e. The van der Waals surface area contributed by atoms with Crippen LogP contribution in [-0.4, -0.2) is 41.5 Å². The number of benzene rings is 3. The number of nitrogens with one attached hydrogen (secondary N) is 1. The molecule has 3 atom stereocenters. The molecule has 2 saturated heterocycles. The molecule has 0 radical (unpaired) electrons. The van der Waals surface area contributed by atoms with Crippen LogP contribution in [0.15, 0.2) is 60.7 Å². The van der Waals surface area contributed by atoms with E-state index < -0.39 is 11.6 Å². The Morgan fingerprint density at radius 3 is 2.50 bits per heavy atom. The smallest absolute Gasteiger partial charge is 0.295 e. The standard InChI is InChI=1S/C25H20F2N2O3/c26-17-12-18-23(29-25(28-18)32-20-13-31-19-10-11-30-24(19)20)22(27)21(17)16-8-6-15(7-9-16)14-4-2-1-3-5-14/h1-9,12,19-20,24H,10-11,13H2,(H,28,29)/t19-,20-,24+/m0/s1. The number of hydrogen-bond acceptors (Lipinski definition) is 4. The van der Waals surface area contributed by atoms with Gasteiger partial charge in [0.15, 0.2) is 11.9 Å². The van der Waals surface area contributed by atoms with Crippen LogP contribution in [0.25, 0.3) is 33.3 Å². The predicted octanol–water partition coefficient (Wildman–Crippen LogP) is 5.11. The van der Waals surface area contributed by atoms with Gasteiger partial charge in [0.2, 0.25) is 0 Å². The second kappa shape index (κ2) is 7.69. The second-order valence-electron chi connectivity index (χ2n) is 8.08. The monoisotopic (exact) mass is 434 g/mol. The zero-order valence-electron chi connectivity index (χ0n) is 17.1. The van der Waals surface area contributed by atoms with Crippen molar-refractivity contribution >= 4 is 11.0 Å². The lowest BCUT2D eigenvalue weighted by Crippen LogP contribution is -2.32. The summed E-state index contributed by atoms with van der Waals surface area (Å²) in [4.78, 5) is 7.12. The third-order valence-corrected chi connectivity index (χ3v) is 6.11. The second-order valence-corrected chi connectivity index (χ2v) is 8.08. The van der Waals surface area contributed by atoms with Gasteiger partial charge in [-0.3, -0.25) is 0 Å². The fourth-order valence-corrected chi connectivity index (χ4v) is 4.51. The molecule has 2 aliphatic heterocycles. The first kappa shape index (κ1) is 19.4. The number of rotatable bonds is 4. The van der Waals surface area contributed by atoms with Crippen LogP contribution < -0.4 is 4.74 Å². The Labute approximate surface area is 183 Å². The van der Waals surface area contributed by atoms with Gasteiger partial charge in [0.05, 0.1) is 23.8 Å². The maximum atomic E-state index is 15.4. The van der Waals surface area contributed by atoms with Gasteiger partial charge in [0, 0.05) is 12.7 Å². The van der Waals surface area contributed by atoms with Crippen LogP contribution >= 0.6 is 0 Å². The Hall–Kier alpha value is -3.29. The summed E-state index contributed by atoms with van der Waals surface area (Å²) in [6.45, 7) is 1.00. The zero-order chi connectivity index (χ0) is 21.7. The van der Waals surface area contributed by atoms with Gasteiger partial charge in [-0.15, -0.1) is 0 Å². The van der Waals surface area contributed by atoms with Crippen molar-refractivity contribution in [3.05, 3.63) is 72.3 Å². The van der Waals surface area contributed by atoms with E-state index in [1.165, 1.54) is 6.07 Å². The maximum absolute atomic E-state index is 15.4. The Bertz CT molecular complexity index is 1270. The summed E-state index contributed by atoms with van der Waals surface area (Å²) in [7, 11) is 0. The van der Waals surface area contributed by atoms with Crippen molar-refractivity contribution in [2.75, 3.05) is 13.2 Å². The first-order valence-electron chi connectivity index (χ1n) is 10.6. The number of aromatic amines is 1. The summed E-state index contributed by atoms with van der Waals surface area (Å²) in [6, 6.07) is 18.3. The van der Waals surface area contributed by atoms with Crippen molar-refractivity contribution in [3.63, 3.8) is 0 Å². The minimum atomic E-state index is -0.726. The fraction of sp³-hybridized carbons (Fsp3) is 0.240. The van der Waals surface area contributed by atoms with E-state index in [-0.39, 0.29) is 40.9 Å². The van der Waals surface area contributed by atoms with Crippen LogP contribution in [0.2, 0.25) is 0 Å². The highest BCUT2D eigenvalue weighted by atomic mass is 19.1. The number of imidazole rings is 1. The highest BCUT2D eigenvalue weighted by Crippen LogP contribution is 2.34. The van der Waals surface area contributed by atoms with E-state index >= 15 is 4.39 Å². The van der Waals surface area contributed by atoms with Crippen LogP contribution in [-0.2, 0) is 9.47 Å². The van der Waals surface area contributed by atoms with Crippen LogP contribution in [0.1, 0.15) is 6.42 Å². The molecule has 0 unspecified atom stereocenters. The van der Waals surface area contributed by atoms with E-state index in [9.17, 15) is 4.39 Å². The molecule has 0 amide bonds. The molecule has 0 aliphatic carbocycles. The topological polar surface area (TPSA) is 56.4 Å². The Kier molecular flexibility index (Phi) is 4.66. The third kappa shape index (κ3) is 3.25. The fourth-order valence-electron chi connectivity index (χ4n) is 4.51. The molecular weight excluding hydrogens is 414 g/mol. The van der Waals surface area contributed by atoms with Gasteiger partial charge in [-0.05, 0) is 23.1 Å². The highest BCUT2D eigenvalue weighted by molar-refractivity contribution is 5.84. The number of halogens is 2. The van der Waals surface area contributed by atoms with Crippen molar-refractivity contribution in [1.29, 1.82) is 0 Å². The summed E-state index contributed by atoms with van der Waals surface area (Å²) in [5.74, 6) is -1.39. The lowest BCUT2D eigenvalue weighted by Gasteiger charge is -2.15. The van der Waals surface area contributed by atoms with Gasteiger partial charge < -0.3 is 19.2 Å². The SMILES string of the molecule is Fc1cc2[nH]c(O[C@H]3CO[C@H]4CCO[C@H]43)nc2c(F)c1-c1ccc(-c2ccccc2)cc1. The van der Waals surface area contributed by atoms with Gasteiger partial charge in [-0.2, -0.15) is 4.98 Å². The molecule has 6 rings (SSSR count). The summed E-state index contributed by atoms with van der Waals surface area (Å²) < 4.78 is 47.5. The molecule has 2 fully saturated rings. The highest BCUT2D eigenvalue weighted by Gasteiger charge is 2.43. The Morgan fingerprint density at radius 2 is 1.69 bits per heavy atom. The maximum Gasteiger partial charge on any atom is 0.295 e. The van der Waals surface area contributed by atoms with E-state index in [0.29, 0.717) is 18.8 Å². The molecular formula is C25H20F2N2O3. The Morgan fingerprint density at radius 1 is 0.938 bits per heavy atom. The molecule has 2 aliphatic rings. The normalized spacial score (nSPS) is 22.4. The minimum Gasteiger partial charge on any atom is -0.456 e. The van der Waals surface area contributed by atoms with Crippen molar-refractivity contribution in [2.24, 2.45) is 0 Å². The van der Waals surface area contributed by atoms with E-state index in [2.05, 4.69) is 9.97 Å². The summed E-state index contributed by atoms with van der Waals surface area (Å²) in [6.07, 6.45) is 0.352. The van der Waals surface area contributed by atoms with E-state index in [0.717, 1.165) is 17.5 Å². The molecule has 3 heterocycles. The number of nitrogens with zero attached hydrogens (tertiary/aromatic N) is 1. The van der Waals surface area contributed by atoms with Gasteiger partial charge in [-0.1, -0.05) is 54.6 Å². The van der Waals surface area contributed by atoms with Crippen LogP contribution in [0, 0.1) is 11.6 Å². The molecule has 32 heavy (non-hydrogen) atoms. The van der Waals surface area contributed by atoms with Gasteiger partial charge in [0.25, 0.3) is 6.01 Å². The number of aromatic nitrogens is 2. The molecule has 1 aromatic heterocycles. The molecule has 1 N–H and O–H groups in total. The van der Waals surface area contributed by atoms with E-state index in [1.54, 1.807) is 12.1 Å². The van der Waals surface area contributed by atoms with Crippen LogP contribution in [0.4, 0.5) is 8.78 Å². The van der Waals surface area contributed by atoms with Crippen LogP contribution in [0.3, 0.4) is 0 Å². The molecule has 7 heteroatoms. The number of H-pyrrole nitrogens is 1. The molecule has 0 spiro atoms. The van der Waals surface area contributed by atoms with Crippen molar-refractivity contribution in [3.8, 4) is 28.3 Å². The van der Waals surface area contributed by atoms with E-state index in [1.807, 2.05) is 42.5 Å². The van der Waals surface area contributed by atoms with Crippen molar-refractivity contribution in [2.45, 2.75) is 24.7 Å². The average Bonchev–Trinajstić information content (AvgIpc) is 3.52. The molecule has 0 saturated carbocycles. The van der Waals surface area contributed by atoms with Gasteiger partial charge in [-0.25, -0.2) is 8.78 Å². The molecule has 3 aromatic carbocycles. The van der Waals surface area contributed by atoms with Gasteiger partial charge >= 0.3 is 0 Å². The molecule has 0 bridgehead atoms. The quantitative estimate of drug-likeness (QED) is 0.485. The minimum absolute atomic E-state index is 0.0176. The average molecular weight is 434 g/mol.